The lowest BCUT2D eigenvalue weighted by Crippen LogP contribution is -2.25. The number of benzene rings is 3. The van der Waals surface area contributed by atoms with Crippen LogP contribution in [0.5, 0.6) is 5.75 Å². The van der Waals surface area contributed by atoms with Crippen LogP contribution in [0.25, 0.3) is 10.8 Å². The summed E-state index contributed by atoms with van der Waals surface area (Å²) in [5.41, 5.74) is 2.02. The molecule has 1 fully saturated rings. The molecule has 0 bridgehead atoms. The van der Waals surface area contributed by atoms with Gasteiger partial charge in [0.25, 0.3) is 0 Å². The van der Waals surface area contributed by atoms with Crippen LogP contribution in [-0.2, 0) is 0 Å². The number of nitrogens with one attached hydrogen (secondary N) is 1. The average Bonchev–Trinajstić information content (AvgIpc) is 3.42. The molecule has 3 aromatic carbocycles. The Balaban J connectivity index is 1.85. The zero-order valence-electron chi connectivity index (χ0n) is 13.7. The van der Waals surface area contributed by atoms with Crippen LogP contribution in [0.15, 0.2) is 59.1 Å². The van der Waals surface area contributed by atoms with E-state index in [0.29, 0.717) is 5.75 Å². The number of phenolic OH excluding ortho intramolecular Hbond substituents is 1. The predicted octanol–water partition coefficient (Wildman–Crippen LogP) is 6.05. The summed E-state index contributed by atoms with van der Waals surface area (Å²) in [6.45, 7) is 0.955. The van der Waals surface area contributed by atoms with Crippen molar-refractivity contribution in [3.63, 3.8) is 0 Å². The third-order valence-electron chi connectivity index (χ3n) is 4.80. The van der Waals surface area contributed by atoms with Gasteiger partial charge in [0, 0.05) is 15.1 Å². The molecule has 1 unspecified atom stereocenters. The number of rotatable bonds is 5. The average molecular weight is 417 g/mol. The normalized spacial score (nSPS) is 15.4. The fraction of sp³-hybridized carbons (Fsp3) is 0.238. The second kappa shape index (κ2) is 6.99. The van der Waals surface area contributed by atoms with E-state index in [1.165, 1.54) is 12.8 Å². The minimum absolute atomic E-state index is 0.0733. The van der Waals surface area contributed by atoms with E-state index in [2.05, 4.69) is 33.4 Å². The van der Waals surface area contributed by atoms with Crippen LogP contribution in [0, 0.1) is 5.92 Å². The Kier molecular flexibility index (Phi) is 4.72. The molecule has 0 heterocycles. The Bertz CT molecular complexity index is 900. The van der Waals surface area contributed by atoms with Crippen molar-refractivity contribution in [2.24, 2.45) is 5.92 Å². The summed E-state index contributed by atoms with van der Waals surface area (Å²) < 4.78 is 1.00. The summed E-state index contributed by atoms with van der Waals surface area (Å²) >= 11 is 9.63. The zero-order chi connectivity index (χ0) is 17.4. The molecule has 1 aliphatic carbocycles. The van der Waals surface area contributed by atoms with E-state index in [0.717, 1.165) is 43.9 Å². The van der Waals surface area contributed by atoms with Crippen LogP contribution in [-0.4, -0.2) is 11.7 Å². The fourth-order valence-corrected chi connectivity index (χ4v) is 3.74. The van der Waals surface area contributed by atoms with Crippen molar-refractivity contribution < 1.29 is 5.11 Å². The van der Waals surface area contributed by atoms with E-state index in [-0.39, 0.29) is 6.04 Å². The Morgan fingerprint density at radius 2 is 1.80 bits per heavy atom. The van der Waals surface area contributed by atoms with E-state index < -0.39 is 0 Å². The molecule has 0 spiro atoms. The molecule has 25 heavy (non-hydrogen) atoms. The first kappa shape index (κ1) is 16.9. The molecule has 3 aromatic rings. The molecular formula is C21H19BrClNO. The Morgan fingerprint density at radius 3 is 2.52 bits per heavy atom. The van der Waals surface area contributed by atoms with Crippen LogP contribution < -0.4 is 5.32 Å². The molecular weight excluding hydrogens is 398 g/mol. The van der Waals surface area contributed by atoms with Crippen molar-refractivity contribution >= 4 is 38.3 Å². The molecule has 0 aromatic heterocycles. The highest BCUT2D eigenvalue weighted by Gasteiger charge is 2.25. The van der Waals surface area contributed by atoms with Gasteiger partial charge >= 0.3 is 0 Å². The molecule has 0 radical (unpaired) electrons. The molecule has 0 saturated heterocycles. The molecule has 4 heteroatoms. The molecule has 1 atom stereocenters. The third kappa shape index (κ3) is 3.69. The second-order valence-corrected chi connectivity index (χ2v) is 8.05. The fourth-order valence-electron chi connectivity index (χ4n) is 3.26. The molecule has 2 N–H and O–H groups in total. The van der Waals surface area contributed by atoms with Crippen LogP contribution in [0.4, 0.5) is 0 Å². The van der Waals surface area contributed by atoms with Gasteiger partial charge in [-0.05, 0) is 72.0 Å². The first-order valence-electron chi connectivity index (χ1n) is 8.52. The maximum absolute atomic E-state index is 10.7. The van der Waals surface area contributed by atoms with Gasteiger partial charge in [-0.25, -0.2) is 0 Å². The summed E-state index contributed by atoms with van der Waals surface area (Å²) in [6.07, 6.45) is 2.57. The van der Waals surface area contributed by atoms with Gasteiger partial charge < -0.3 is 10.4 Å². The van der Waals surface area contributed by atoms with Crippen LogP contribution in [0.1, 0.15) is 30.0 Å². The first-order chi connectivity index (χ1) is 12.1. The lowest BCUT2D eigenvalue weighted by Gasteiger charge is -2.23. The van der Waals surface area contributed by atoms with Gasteiger partial charge in [0.1, 0.15) is 5.75 Å². The van der Waals surface area contributed by atoms with Crippen molar-refractivity contribution in [2.45, 2.75) is 18.9 Å². The third-order valence-corrected chi connectivity index (χ3v) is 5.55. The Hall–Kier alpha value is -1.55. The zero-order valence-corrected chi connectivity index (χ0v) is 16.0. The highest BCUT2D eigenvalue weighted by molar-refractivity contribution is 9.10. The predicted molar refractivity (Wildman–Crippen MR) is 107 cm³/mol. The van der Waals surface area contributed by atoms with Gasteiger partial charge in [-0.3, -0.25) is 0 Å². The van der Waals surface area contributed by atoms with Crippen molar-refractivity contribution in [2.75, 3.05) is 6.54 Å². The van der Waals surface area contributed by atoms with Crippen LogP contribution in [0.2, 0.25) is 5.02 Å². The van der Waals surface area contributed by atoms with Gasteiger partial charge in [0.15, 0.2) is 0 Å². The summed E-state index contributed by atoms with van der Waals surface area (Å²) in [5, 5.41) is 17.2. The van der Waals surface area contributed by atoms with Crippen molar-refractivity contribution in [1.29, 1.82) is 0 Å². The molecule has 1 aliphatic rings. The van der Waals surface area contributed by atoms with E-state index in [1.807, 2.05) is 36.4 Å². The van der Waals surface area contributed by atoms with Gasteiger partial charge in [-0.2, -0.15) is 0 Å². The number of aromatic hydroxyl groups is 1. The summed E-state index contributed by atoms with van der Waals surface area (Å²) in [7, 11) is 0. The largest absolute Gasteiger partial charge is 0.508 e. The maximum atomic E-state index is 10.7. The summed E-state index contributed by atoms with van der Waals surface area (Å²) in [4.78, 5) is 0. The minimum Gasteiger partial charge on any atom is -0.508 e. The van der Waals surface area contributed by atoms with Crippen LogP contribution >= 0.6 is 27.5 Å². The quantitative estimate of drug-likeness (QED) is 0.530. The Labute approximate surface area is 161 Å². The van der Waals surface area contributed by atoms with Gasteiger partial charge in [0.05, 0.1) is 6.04 Å². The lowest BCUT2D eigenvalue weighted by atomic mass is 9.92. The smallest absolute Gasteiger partial charge is 0.121 e. The Morgan fingerprint density at radius 1 is 1.08 bits per heavy atom. The number of fused-ring (bicyclic) bond motifs is 1. The van der Waals surface area contributed by atoms with Gasteiger partial charge in [0.2, 0.25) is 0 Å². The van der Waals surface area contributed by atoms with Crippen molar-refractivity contribution in [3.05, 3.63) is 75.2 Å². The first-order valence-corrected chi connectivity index (χ1v) is 9.69. The summed E-state index contributed by atoms with van der Waals surface area (Å²) in [6, 6.07) is 17.7. The van der Waals surface area contributed by atoms with Gasteiger partial charge in [-0.1, -0.05) is 51.8 Å². The topological polar surface area (TPSA) is 32.3 Å². The van der Waals surface area contributed by atoms with Gasteiger partial charge in [-0.15, -0.1) is 0 Å². The standard InChI is InChI=1S/C21H19BrClNO/c22-16-7-3-14-6-10-19(25)20(18(14)11-16)21(24-12-13-1-2-13)15-4-8-17(23)9-5-15/h3-11,13,21,24-25H,1-2,12H2. The molecule has 2 nitrogen and oxygen atoms in total. The lowest BCUT2D eigenvalue weighted by molar-refractivity contribution is 0.457. The molecule has 1 saturated carbocycles. The van der Waals surface area contributed by atoms with E-state index in [1.54, 1.807) is 6.07 Å². The van der Waals surface area contributed by atoms with Crippen LogP contribution in [0.3, 0.4) is 0 Å². The monoisotopic (exact) mass is 415 g/mol. The van der Waals surface area contributed by atoms with E-state index in [4.69, 9.17) is 11.6 Å². The second-order valence-electron chi connectivity index (χ2n) is 6.70. The number of phenols is 1. The van der Waals surface area contributed by atoms with Crippen molar-refractivity contribution in [1.82, 2.24) is 5.32 Å². The minimum atomic E-state index is -0.0733. The number of hydrogen-bond donors (Lipinski definition) is 2. The highest BCUT2D eigenvalue weighted by atomic mass is 79.9. The van der Waals surface area contributed by atoms with E-state index in [9.17, 15) is 5.11 Å². The summed E-state index contributed by atoms with van der Waals surface area (Å²) in [5.74, 6) is 1.06. The van der Waals surface area contributed by atoms with Crippen molar-refractivity contribution in [3.8, 4) is 5.75 Å². The highest BCUT2D eigenvalue weighted by Crippen LogP contribution is 2.38. The number of halogens is 2. The molecule has 128 valence electrons. The molecule has 0 aliphatic heterocycles. The number of hydrogen-bond acceptors (Lipinski definition) is 2. The molecule has 0 amide bonds. The van der Waals surface area contributed by atoms with E-state index >= 15 is 0 Å². The maximum Gasteiger partial charge on any atom is 0.121 e. The SMILES string of the molecule is Oc1ccc2ccc(Br)cc2c1C(NCC1CC1)c1ccc(Cl)cc1. The molecule has 4 rings (SSSR count).